The van der Waals surface area contributed by atoms with Crippen molar-refractivity contribution in [3.63, 3.8) is 0 Å². The van der Waals surface area contributed by atoms with Crippen LogP contribution in [0.2, 0.25) is 0 Å². The second-order valence-electron chi connectivity index (χ2n) is 4.47. The average molecular weight is 354 g/mol. The van der Waals surface area contributed by atoms with E-state index in [4.69, 9.17) is 5.73 Å². The molecular formula is C13H15IN4. The Kier molecular flexibility index (Phi) is 3.79. The van der Waals surface area contributed by atoms with Gasteiger partial charge < -0.3 is 5.73 Å². The van der Waals surface area contributed by atoms with Crippen molar-refractivity contribution < 1.29 is 0 Å². The van der Waals surface area contributed by atoms with Gasteiger partial charge in [0, 0.05) is 17.5 Å². The summed E-state index contributed by atoms with van der Waals surface area (Å²) in [5, 5.41) is 0. The van der Waals surface area contributed by atoms with Crippen LogP contribution in [0.4, 0.5) is 5.82 Å². The zero-order chi connectivity index (χ0) is 13.3. The van der Waals surface area contributed by atoms with Gasteiger partial charge in [0.25, 0.3) is 0 Å². The summed E-state index contributed by atoms with van der Waals surface area (Å²) in [6.07, 6.45) is 1.78. The van der Waals surface area contributed by atoms with E-state index in [1.807, 2.05) is 19.1 Å². The number of hydrogen-bond acceptors (Lipinski definition) is 4. The lowest BCUT2D eigenvalue weighted by Gasteiger charge is -2.11. The number of rotatable bonds is 2. The van der Waals surface area contributed by atoms with Gasteiger partial charge in [-0.2, -0.15) is 0 Å². The van der Waals surface area contributed by atoms with Crippen molar-refractivity contribution in [1.82, 2.24) is 15.0 Å². The molecule has 2 rings (SSSR count). The highest BCUT2D eigenvalue weighted by atomic mass is 127. The number of nitrogen functional groups attached to an aromatic ring is 1. The van der Waals surface area contributed by atoms with Crippen LogP contribution in [0.1, 0.15) is 31.2 Å². The maximum absolute atomic E-state index is 5.95. The smallest absolute Gasteiger partial charge is 0.163 e. The second kappa shape index (κ2) is 5.17. The maximum atomic E-state index is 5.95. The van der Waals surface area contributed by atoms with Crippen molar-refractivity contribution in [2.45, 2.75) is 26.7 Å². The number of nitrogens with two attached hydrogens (primary N) is 1. The Balaban J connectivity index is 2.55. The SMILES string of the molecule is Cc1ccc(-c2nc(N)c(I)c(C(C)C)n2)cn1. The Labute approximate surface area is 120 Å². The summed E-state index contributed by atoms with van der Waals surface area (Å²) in [5.41, 5.74) is 8.80. The molecule has 0 saturated carbocycles. The maximum Gasteiger partial charge on any atom is 0.163 e. The molecule has 0 aromatic carbocycles. The van der Waals surface area contributed by atoms with Gasteiger partial charge in [0.2, 0.25) is 0 Å². The van der Waals surface area contributed by atoms with Gasteiger partial charge in [0.15, 0.2) is 5.82 Å². The van der Waals surface area contributed by atoms with Gasteiger partial charge in [-0.05, 0) is 47.6 Å². The molecule has 94 valence electrons. The minimum atomic E-state index is 0.319. The van der Waals surface area contributed by atoms with Crippen molar-refractivity contribution >= 4 is 28.4 Å². The van der Waals surface area contributed by atoms with Crippen LogP contribution in [0, 0.1) is 10.5 Å². The van der Waals surface area contributed by atoms with Crippen LogP contribution in [-0.4, -0.2) is 15.0 Å². The molecule has 0 spiro atoms. The van der Waals surface area contributed by atoms with Crippen LogP contribution >= 0.6 is 22.6 Å². The quantitative estimate of drug-likeness (QED) is 0.842. The fourth-order valence-corrected chi connectivity index (χ4v) is 2.46. The molecule has 0 aliphatic rings. The predicted octanol–water partition coefficient (Wildman–Crippen LogP) is 3.16. The third-order valence-electron chi connectivity index (χ3n) is 2.62. The fourth-order valence-electron chi connectivity index (χ4n) is 1.59. The number of hydrogen-bond donors (Lipinski definition) is 1. The minimum absolute atomic E-state index is 0.319. The molecule has 0 aliphatic heterocycles. The summed E-state index contributed by atoms with van der Waals surface area (Å²) in [6.45, 7) is 6.15. The van der Waals surface area contributed by atoms with Crippen molar-refractivity contribution in [1.29, 1.82) is 0 Å². The molecule has 4 nitrogen and oxygen atoms in total. The van der Waals surface area contributed by atoms with Gasteiger partial charge in [0.05, 0.1) is 9.26 Å². The first-order valence-corrected chi connectivity index (χ1v) is 6.83. The van der Waals surface area contributed by atoms with Crippen molar-refractivity contribution in [2.24, 2.45) is 0 Å². The first-order chi connectivity index (χ1) is 8.49. The minimum Gasteiger partial charge on any atom is -0.383 e. The van der Waals surface area contributed by atoms with E-state index < -0.39 is 0 Å². The highest BCUT2D eigenvalue weighted by molar-refractivity contribution is 14.1. The number of aromatic nitrogens is 3. The summed E-state index contributed by atoms with van der Waals surface area (Å²) < 4.78 is 0.937. The lowest BCUT2D eigenvalue weighted by atomic mass is 10.1. The Morgan fingerprint density at radius 3 is 2.50 bits per heavy atom. The van der Waals surface area contributed by atoms with Crippen molar-refractivity contribution in [2.75, 3.05) is 5.73 Å². The molecule has 0 bridgehead atoms. The van der Waals surface area contributed by atoms with E-state index in [1.165, 1.54) is 0 Å². The Hall–Kier alpha value is -1.24. The molecule has 0 saturated heterocycles. The van der Waals surface area contributed by atoms with Gasteiger partial charge in [-0.1, -0.05) is 13.8 Å². The van der Waals surface area contributed by atoms with E-state index >= 15 is 0 Å². The lowest BCUT2D eigenvalue weighted by Crippen LogP contribution is -2.06. The third kappa shape index (κ3) is 2.60. The van der Waals surface area contributed by atoms with Gasteiger partial charge in [-0.3, -0.25) is 4.98 Å². The molecule has 0 fully saturated rings. The molecule has 0 aliphatic carbocycles. The highest BCUT2D eigenvalue weighted by Crippen LogP contribution is 2.26. The monoisotopic (exact) mass is 354 g/mol. The van der Waals surface area contributed by atoms with Crippen LogP contribution in [0.5, 0.6) is 0 Å². The number of anilines is 1. The van der Waals surface area contributed by atoms with Crippen LogP contribution in [0.15, 0.2) is 18.3 Å². The van der Waals surface area contributed by atoms with E-state index in [0.717, 1.165) is 20.5 Å². The molecular weight excluding hydrogens is 339 g/mol. The Morgan fingerprint density at radius 1 is 1.22 bits per heavy atom. The number of pyridine rings is 1. The number of halogens is 1. The van der Waals surface area contributed by atoms with Crippen molar-refractivity contribution in [3.05, 3.63) is 33.3 Å². The number of nitrogens with zero attached hydrogens (tertiary/aromatic N) is 3. The normalized spacial score (nSPS) is 10.9. The predicted molar refractivity (Wildman–Crippen MR) is 81.2 cm³/mol. The Bertz CT molecular complexity index is 564. The molecule has 2 aromatic rings. The van der Waals surface area contributed by atoms with Crippen LogP contribution in [0.3, 0.4) is 0 Å². The summed E-state index contributed by atoms with van der Waals surface area (Å²) in [7, 11) is 0. The first kappa shape index (κ1) is 13.2. The van der Waals surface area contributed by atoms with Gasteiger partial charge >= 0.3 is 0 Å². The molecule has 5 heteroatoms. The molecule has 2 heterocycles. The van der Waals surface area contributed by atoms with E-state index in [0.29, 0.717) is 17.6 Å². The van der Waals surface area contributed by atoms with E-state index in [1.54, 1.807) is 6.20 Å². The largest absolute Gasteiger partial charge is 0.383 e. The van der Waals surface area contributed by atoms with Crippen LogP contribution < -0.4 is 5.73 Å². The van der Waals surface area contributed by atoms with Crippen LogP contribution in [0.25, 0.3) is 11.4 Å². The van der Waals surface area contributed by atoms with Crippen LogP contribution in [-0.2, 0) is 0 Å². The average Bonchev–Trinajstić information content (AvgIpc) is 2.33. The standard InChI is InChI=1S/C13H15IN4/c1-7(2)11-10(14)12(15)18-13(17-11)9-5-4-8(3)16-6-9/h4-7H,1-3H3,(H2,15,17,18). The topological polar surface area (TPSA) is 64.7 Å². The van der Waals surface area contributed by atoms with E-state index in [9.17, 15) is 0 Å². The van der Waals surface area contributed by atoms with Gasteiger partial charge in [-0.15, -0.1) is 0 Å². The zero-order valence-electron chi connectivity index (χ0n) is 10.6. The first-order valence-electron chi connectivity index (χ1n) is 5.75. The Morgan fingerprint density at radius 2 is 1.94 bits per heavy atom. The lowest BCUT2D eigenvalue weighted by molar-refractivity contribution is 0.810. The number of aryl methyl sites for hydroxylation is 1. The van der Waals surface area contributed by atoms with Crippen molar-refractivity contribution in [3.8, 4) is 11.4 Å². The van der Waals surface area contributed by atoms with E-state index in [2.05, 4.69) is 51.4 Å². The summed E-state index contributed by atoms with van der Waals surface area (Å²) in [6, 6.07) is 3.91. The molecule has 2 aromatic heterocycles. The third-order valence-corrected chi connectivity index (χ3v) is 3.72. The molecule has 2 N–H and O–H groups in total. The molecule has 0 radical (unpaired) electrons. The fraction of sp³-hybridized carbons (Fsp3) is 0.308. The highest BCUT2D eigenvalue weighted by Gasteiger charge is 2.14. The molecule has 0 atom stereocenters. The second-order valence-corrected chi connectivity index (χ2v) is 5.55. The molecule has 18 heavy (non-hydrogen) atoms. The molecule has 0 amide bonds. The summed E-state index contributed by atoms with van der Waals surface area (Å²) in [5.74, 6) is 1.49. The van der Waals surface area contributed by atoms with E-state index in [-0.39, 0.29) is 0 Å². The summed E-state index contributed by atoms with van der Waals surface area (Å²) >= 11 is 2.20. The van der Waals surface area contributed by atoms with Gasteiger partial charge in [-0.25, -0.2) is 9.97 Å². The molecule has 0 unspecified atom stereocenters. The zero-order valence-corrected chi connectivity index (χ0v) is 12.8. The van der Waals surface area contributed by atoms with Gasteiger partial charge in [0.1, 0.15) is 5.82 Å². The summed E-state index contributed by atoms with van der Waals surface area (Å²) in [4.78, 5) is 13.2.